The van der Waals surface area contributed by atoms with E-state index in [0.29, 0.717) is 0 Å². The quantitative estimate of drug-likeness (QED) is 0.472. The zero-order chi connectivity index (χ0) is 14.3. The summed E-state index contributed by atoms with van der Waals surface area (Å²) < 4.78 is 0. The molecule has 1 aromatic rings. The molecule has 0 aliphatic carbocycles. The van der Waals surface area contributed by atoms with Crippen molar-refractivity contribution in [2.45, 2.75) is 31.8 Å². The number of aromatic nitrogens is 2. The van der Waals surface area contributed by atoms with Crippen LogP contribution in [-0.4, -0.2) is 43.7 Å². The molecule has 8 nitrogen and oxygen atoms in total. The van der Waals surface area contributed by atoms with Gasteiger partial charge in [0.25, 0.3) is 0 Å². The van der Waals surface area contributed by atoms with Gasteiger partial charge in [-0.25, -0.2) is 4.98 Å². The Kier molecular flexibility index (Phi) is 6.00. The van der Waals surface area contributed by atoms with Crippen molar-refractivity contribution in [2.24, 2.45) is 11.5 Å². The van der Waals surface area contributed by atoms with Gasteiger partial charge in [-0.3, -0.25) is 9.59 Å². The first-order valence-electron chi connectivity index (χ1n) is 5.12. The van der Waals surface area contributed by atoms with Crippen LogP contribution in [0.1, 0.15) is 19.5 Å². The lowest BCUT2D eigenvalue weighted by Gasteiger charge is -2.09. The van der Waals surface area contributed by atoms with E-state index >= 15 is 0 Å². The van der Waals surface area contributed by atoms with E-state index in [1.165, 1.54) is 20.2 Å². The summed E-state index contributed by atoms with van der Waals surface area (Å²) in [6.07, 6.45) is 3.34. The molecule has 0 bridgehead atoms. The van der Waals surface area contributed by atoms with Gasteiger partial charge in [-0.15, -0.1) is 0 Å². The van der Waals surface area contributed by atoms with Crippen LogP contribution in [0.2, 0.25) is 0 Å². The molecule has 0 aliphatic rings. The SMILES string of the molecule is CC(C)(N)C(=O)O.NC(Cc1cnc[nH]1)C(=O)O. The molecule has 7 N–H and O–H groups in total. The number of carboxylic acids is 2. The summed E-state index contributed by atoms with van der Waals surface area (Å²) in [4.78, 5) is 26.7. The summed E-state index contributed by atoms with van der Waals surface area (Å²) in [6.45, 7) is 2.88. The van der Waals surface area contributed by atoms with E-state index in [-0.39, 0.29) is 6.42 Å². The summed E-state index contributed by atoms with van der Waals surface area (Å²) in [5.74, 6) is -1.98. The van der Waals surface area contributed by atoms with E-state index in [1.807, 2.05) is 0 Å². The van der Waals surface area contributed by atoms with Crippen molar-refractivity contribution in [1.29, 1.82) is 0 Å². The van der Waals surface area contributed by atoms with Gasteiger partial charge in [0.1, 0.15) is 11.6 Å². The highest BCUT2D eigenvalue weighted by atomic mass is 16.4. The molecular formula is C10H18N4O4. The summed E-state index contributed by atoms with van der Waals surface area (Å²) in [7, 11) is 0. The van der Waals surface area contributed by atoms with Crippen LogP contribution in [-0.2, 0) is 16.0 Å². The number of carboxylic acid groups (broad SMARTS) is 2. The minimum absolute atomic E-state index is 0.287. The van der Waals surface area contributed by atoms with Crippen LogP contribution in [0, 0.1) is 0 Å². The average Bonchev–Trinajstić information content (AvgIpc) is 2.69. The Morgan fingerprint density at radius 1 is 1.50 bits per heavy atom. The van der Waals surface area contributed by atoms with E-state index in [1.54, 1.807) is 6.20 Å². The Morgan fingerprint density at radius 2 is 2.00 bits per heavy atom. The van der Waals surface area contributed by atoms with Gasteiger partial charge in [0.05, 0.1) is 6.33 Å². The summed E-state index contributed by atoms with van der Waals surface area (Å²) >= 11 is 0. The van der Waals surface area contributed by atoms with Gasteiger partial charge in [-0.2, -0.15) is 0 Å². The molecule has 8 heteroatoms. The molecule has 0 amide bonds. The molecule has 1 rings (SSSR count). The second-order valence-electron chi connectivity index (χ2n) is 4.25. The first-order valence-corrected chi connectivity index (χ1v) is 5.12. The molecular weight excluding hydrogens is 240 g/mol. The standard InChI is InChI=1S/C6H9N3O2.C4H9NO2/c7-5(6(10)11)1-4-2-8-3-9-4;1-4(2,5)3(6)7/h2-3,5H,1,7H2,(H,8,9)(H,10,11);5H2,1-2H3,(H,6,7). The zero-order valence-electron chi connectivity index (χ0n) is 10.3. The lowest BCUT2D eigenvalue weighted by molar-refractivity contribution is -0.142. The maximum atomic E-state index is 10.3. The fourth-order valence-corrected chi connectivity index (χ4v) is 0.721. The molecule has 1 unspecified atom stereocenters. The lowest BCUT2D eigenvalue weighted by atomic mass is 10.1. The fraction of sp³-hybridized carbons (Fsp3) is 0.500. The van der Waals surface area contributed by atoms with Gasteiger partial charge in [0.2, 0.25) is 0 Å². The molecule has 0 aromatic carbocycles. The number of aromatic amines is 1. The molecule has 1 aromatic heterocycles. The number of imidazole rings is 1. The number of carbonyl (C=O) groups is 2. The van der Waals surface area contributed by atoms with E-state index in [4.69, 9.17) is 21.7 Å². The maximum Gasteiger partial charge on any atom is 0.323 e. The summed E-state index contributed by atoms with van der Waals surface area (Å²) in [6, 6.07) is -0.851. The number of H-pyrrole nitrogens is 1. The Labute approximate surface area is 104 Å². The van der Waals surface area contributed by atoms with Gasteiger partial charge < -0.3 is 26.7 Å². The fourth-order valence-electron chi connectivity index (χ4n) is 0.721. The van der Waals surface area contributed by atoms with Crippen LogP contribution in [0.15, 0.2) is 12.5 Å². The normalized spacial score (nSPS) is 12.2. The highest BCUT2D eigenvalue weighted by Gasteiger charge is 2.19. The Hall–Kier alpha value is -1.93. The minimum atomic E-state index is -1.08. The van der Waals surface area contributed by atoms with Crippen LogP contribution in [0.25, 0.3) is 0 Å². The molecule has 0 aliphatic heterocycles. The van der Waals surface area contributed by atoms with Crippen LogP contribution >= 0.6 is 0 Å². The van der Waals surface area contributed by atoms with Crippen molar-refractivity contribution >= 4 is 11.9 Å². The predicted octanol–water partition coefficient (Wildman–Crippen LogP) is -0.828. The number of nitrogens with one attached hydrogen (secondary N) is 1. The second-order valence-corrected chi connectivity index (χ2v) is 4.25. The molecule has 1 heterocycles. The molecule has 18 heavy (non-hydrogen) atoms. The van der Waals surface area contributed by atoms with Crippen LogP contribution in [0.4, 0.5) is 0 Å². The van der Waals surface area contributed by atoms with Gasteiger partial charge in [-0.05, 0) is 13.8 Å². The Balaban J connectivity index is 0.000000360. The van der Waals surface area contributed by atoms with Gasteiger partial charge in [0, 0.05) is 18.3 Å². The average molecular weight is 258 g/mol. The van der Waals surface area contributed by atoms with Gasteiger partial charge in [-0.1, -0.05) is 0 Å². The first-order chi connectivity index (χ1) is 8.14. The van der Waals surface area contributed by atoms with Crippen LogP contribution in [0.3, 0.4) is 0 Å². The molecule has 102 valence electrons. The van der Waals surface area contributed by atoms with Crippen LogP contribution < -0.4 is 11.5 Å². The molecule has 0 spiro atoms. The topological polar surface area (TPSA) is 155 Å². The van der Waals surface area contributed by atoms with Gasteiger partial charge in [0.15, 0.2) is 0 Å². The Morgan fingerprint density at radius 3 is 2.28 bits per heavy atom. The molecule has 1 atom stereocenters. The third kappa shape index (κ3) is 6.61. The van der Waals surface area contributed by atoms with Crippen molar-refractivity contribution in [2.75, 3.05) is 0 Å². The number of hydrogen-bond donors (Lipinski definition) is 5. The maximum absolute atomic E-state index is 10.3. The lowest BCUT2D eigenvalue weighted by Crippen LogP contribution is -2.41. The van der Waals surface area contributed by atoms with Crippen molar-refractivity contribution in [3.63, 3.8) is 0 Å². The third-order valence-electron chi connectivity index (χ3n) is 1.86. The number of rotatable bonds is 4. The van der Waals surface area contributed by atoms with E-state index in [9.17, 15) is 9.59 Å². The molecule has 0 radical (unpaired) electrons. The monoisotopic (exact) mass is 258 g/mol. The second kappa shape index (κ2) is 6.72. The summed E-state index contributed by atoms with van der Waals surface area (Å²) in [5.41, 5.74) is 9.99. The van der Waals surface area contributed by atoms with Crippen molar-refractivity contribution in [3.8, 4) is 0 Å². The van der Waals surface area contributed by atoms with E-state index in [0.717, 1.165) is 5.69 Å². The number of nitrogens with zero attached hydrogens (tertiary/aromatic N) is 1. The smallest absolute Gasteiger partial charge is 0.323 e. The van der Waals surface area contributed by atoms with Gasteiger partial charge >= 0.3 is 11.9 Å². The highest BCUT2D eigenvalue weighted by molar-refractivity contribution is 5.77. The van der Waals surface area contributed by atoms with Crippen molar-refractivity contribution in [3.05, 3.63) is 18.2 Å². The minimum Gasteiger partial charge on any atom is -0.480 e. The molecule has 0 saturated heterocycles. The van der Waals surface area contributed by atoms with Crippen molar-refractivity contribution in [1.82, 2.24) is 9.97 Å². The molecule has 0 saturated carbocycles. The number of hydrogen-bond acceptors (Lipinski definition) is 5. The molecule has 0 fully saturated rings. The van der Waals surface area contributed by atoms with E-state index < -0.39 is 23.5 Å². The third-order valence-corrected chi connectivity index (χ3v) is 1.86. The van der Waals surface area contributed by atoms with Crippen molar-refractivity contribution < 1.29 is 19.8 Å². The number of aliphatic carboxylic acids is 2. The first kappa shape index (κ1) is 16.1. The highest BCUT2D eigenvalue weighted by Crippen LogP contribution is 1.95. The largest absolute Gasteiger partial charge is 0.480 e. The zero-order valence-corrected chi connectivity index (χ0v) is 10.3. The van der Waals surface area contributed by atoms with Crippen LogP contribution in [0.5, 0.6) is 0 Å². The number of nitrogens with two attached hydrogens (primary N) is 2. The Bertz CT molecular complexity index is 383. The van der Waals surface area contributed by atoms with E-state index in [2.05, 4.69) is 9.97 Å². The summed E-state index contributed by atoms with van der Waals surface area (Å²) in [5, 5.41) is 16.5. The predicted molar refractivity (Wildman–Crippen MR) is 63.8 cm³/mol.